The topological polar surface area (TPSA) is 12.0 Å². The zero-order chi connectivity index (χ0) is 13.0. The highest BCUT2D eigenvalue weighted by molar-refractivity contribution is 6.20. The molecule has 2 rings (SSSR count). The van der Waals surface area contributed by atoms with Gasteiger partial charge in [-0.2, -0.15) is 0 Å². The first kappa shape index (κ1) is 13.8. The summed E-state index contributed by atoms with van der Waals surface area (Å²) in [4.78, 5) is 0. The summed E-state index contributed by atoms with van der Waals surface area (Å²) in [5, 5.41) is 3.78. The Hall–Kier alpha value is -0.600. The van der Waals surface area contributed by atoms with Crippen LogP contribution in [-0.2, 0) is 6.54 Å². The fourth-order valence-corrected chi connectivity index (χ4v) is 3.06. The molecule has 0 saturated heterocycles. The lowest BCUT2D eigenvalue weighted by molar-refractivity contribution is 0.346. The van der Waals surface area contributed by atoms with Crippen LogP contribution in [0.4, 0.5) is 4.39 Å². The fraction of sp³-hybridized carbons (Fsp3) is 0.600. The van der Waals surface area contributed by atoms with Gasteiger partial charge in [0.2, 0.25) is 0 Å². The molecular formula is C15H21ClFN. The van der Waals surface area contributed by atoms with Gasteiger partial charge in [-0.15, -0.1) is 11.6 Å². The van der Waals surface area contributed by atoms with Gasteiger partial charge in [0.1, 0.15) is 5.82 Å². The van der Waals surface area contributed by atoms with E-state index in [1.54, 1.807) is 6.07 Å². The maximum absolute atomic E-state index is 13.1. The average Bonchev–Trinajstić information content (AvgIpc) is 2.34. The predicted molar refractivity (Wildman–Crippen MR) is 74.4 cm³/mol. The second-order valence-corrected chi connectivity index (χ2v) is 5.95. The van der Waals surface area contributed by atoms with Gasteiger partial charge in [-0.05, 0) is 61.9 Å². The molecule has 1 nitrogen and oxygen atoms in total. The summed E-state index contributed by atoms with van der Waals surface area (Å²) in [5.74, 6) is 0.519. The lowest BCUT2D eigenvalue weighted by Crippen LogP contribution is -2.27. The van der Waals surface area contributed by atoms with Gasteiger partial charge in [0.15, 0.2) is 0 Å². The zero-order valence-electron chi connectivity index (χ0n) is 10.9. The van der Waals surface area contributed by atoms with Gasteiger partial charge in [0, 0.05) is 11.9 Å². The van der Waals surface area contributed by atoms with Crippen LogP contribution in [-0.4, -0.2) is 11.9 Å². The zero-order valence-corrected chi connectivity index (χ0v) is 11.6. The molecule has 3 heteroatoms. The molecule has 1 N–H and O–H groups in total. The summed E-state index contributed by atoms with van der Waals surface area (Å²) in [6.07, 6.45) is 4.76. The van der Waals surface area contributed by atoms with Crippen LogP contribution in [0.15, 0.2) is 18.2 Å². The van der Waals surface area contributed by atoms with E-state index in [1.165, 1.54) is 18.9 Å². The van der Waals surface area contributed by atoms with Crippen molar-refractivity contribution in [1.82, 2.24) is 5.32 Å². The third kappa shape index (κ3) is 3.96. The van der Waals surface area contributed by atoms with Gasteiger partial charge in [-0.3, -0.25) is 0 Å². The van der Waals surface area contributed by atoms with E-state index in [9.17, 15) is 4.39 Å². The number of hydrogen-bond acceptors (Lipinski definition) is 1. The van der Waals surface area contributed by atoms with Gasteiger partial charge in [0.05, 0.1) is 0 Å². The van der Waals surface area contributed by atoms with E-state index >= 15 is 0 Å². The minimum absolute atomic E-state index is 0.157. The highest BCUT2D eigenvalue weighted by Gasteiger charge is 2.19. The van der Waals surface area contributed by atoms with Crippen LogP contribution < -0.4 is 5.32 Å². The van der Waals surface area contributed by atoms with E-state index in [-0.39, 0.29) is 5.82 Å². The van der Waals surface area contributed by atoms with Crippen molar-refractivity contribution in [2.45, 2.75) is 44.5 Å². The molecule has 1 aliphatic rings. The Balaban J connectivity index is 1.79. The van der Waals surface area contributed by atoms with Gasteiger partial charge in [0.25, 0.3) is 0 Å². The molecule has 0 aromatic heterocycles. The van der Waals surface area contributed by atoms with E-state index in [4.69, 9.17) is 11.6 Å². The molecule has 0 spiro atoms. The van der Waals surface area contributed by atoms with Crippen molar-refractivity contribution < 1.29 is 4.39 Å². The molecule has 2 atom stereocenters. The van der Waals surface area contributed by atoms with Gasteiger partial charge in [-0.1, -0.05) is 12.5 Å². The van der Waals surface area contributed by atoms with Crippen molar-refractivity contribution >= 4 is 11.6 Å². The lowest BCUT2D eigenvalue weighted by atomic mass is 9.89. The van der Waals surface area contributed by atoms with Crippen LogP contribution in [0.2, 0.25) is 0 Å². The molecule has 1 aromatic rings. The van der Waals surface area contributed by atoms with Gasteiger partial charge >= 0.3 is 0 Å². The maximum atomic E-state index is 13.1. The van der Waals surface area contributed by atoms with Crippen LogP contribution in [0.25, 0.3) is 0 Å². The SMILES string of the molecule is Cc1ccc(F)cc1CNCC1CCCC(Cl)C1. The first-order valence-corrected chi connectivity index (χ1v) is 7.18. The Morgan fingerprint density at radius 1 is 1.39 bits per heavy atom. The van der Waals surface area contributed by atoms with Crippen LogP contribution in [0.5, 0.6) is 0 Å². The van der Waals surface area contributed by atoms with Crippen molar-refractivity contribution in [1.29, 1.82) is 0 Å². The number of hydrogen-bond donors (Lipinski definition) is 1. The summed E-state index contributed by atoms with van der Waals surface area (Å²) >= 11 is 6.18. The molecule has 1 fully saturated rings. The third-order valence-electron chi connectivity index (χ3n) is 3.78. The number of rotatable bonds is 4. The monoisotopic (exact) mass is 269 g/mol. The van der Waals surface area contributed by atoms with Crippen molar-refractivity contribution in [2.75, 3.05) is 6.54 Å². The van der Waals surface area contributed by atoms with Crippen LogP contribution in [0.1, 0.15) is 36.8 Å². The second-order valence-electron chi connectivity index (χ2n) is 5.33. The summed E-state index contributed by atoms with van der Waals surface area (Å²) in [7, 11) is 0. The summed E-state index contributed by atoms with van der Waals surface area (Å²) < 4.78 is 13.1. The Morgan fingerprint density at radius 3 is 3.00 bits per heavy atom. The van der Waals surface area contributed by atoms with Gasteiger partial charge < -0.3 is 5.32 Å². The van der Waals surface area contributed by atoms with Crippen LogP contribution in [0, 0.1) is 18.7 Å². The molecule has 100 valence electrons. The van der Waals surface area contributed by atoms with E-state index < -0.39 is 0 Å². The summed E-state index contributed by atoms with van der Waals surface area (Å²) in [6, 6.07) is 4.97. The number of alkyl halides is 1. The first-order valence-electron chi connectivity index (χ1n) is 6.75. The van der Waals surface area contributed by atoms with E-state index in [1.807, 2.05) is 13.0 Å². The average molecular weight is 270 g/mol. The van der Waals surface area contributed by atoms with Crippen molar-refractivity contribution in [3.8, 4) is 0 Å². The largest absolute Gasteiger partial charge is 0.312 e. The molecule has 1 aliphatic carbocycles. The molecule has 0 aliphatic heterocycles. The van der Waals surface area contributed by atoms with Crippen molar-refractivity contribution in [3.05, 3.63) is 35.1 Å². The van der Waals surface area contributed by atoms with E-state index in [2.05, 4.69) is 5.32 Å². The standard InChI is InChI=1S/C15H21ClFN/c1-11-5-6-15(17)8-13(11)10-18-9-12-3-2-4-14(16)7-12/h5-6,8,12,14,18H,2-4,7,9-10H2,1H3. The predicted octanol–water partition coefficient (Wildman–Crippen LogP) is 4.02. The molecule has 0 radical (unpaired) electrons. The molecule has 2 unspecified atom stereocenters. The van der Waals surface area contributed by atoms with Crippen molar-refractivity contribution in [2.24, 2.45) is 5.92 Å². The summed E-state index contributed by atoms with van der Waals surface area (Å²) in [6.45, 7) is 3.75. The second kappa shape index (κ2) is 6.53. The molecule has 18 heavy (non-hydrogen) atoms. The molecule has 0 heterocycles. The highest BCUT2D eigenvalue weighted by Crippen LogP contribution is 2.27. The number of benzene rings is 1. The van der Waals surface area contributed by atoms with Crippen molar-refractivity contribution in [3.63, 3.8) is 0 Å². The smallest absolute Gasteiger partial charge is 0.123 e. The number of halogens is 2. The lowest BCUT2D eigenvalue weighted by Gasteiger charge is -2.25. The van der Waals surface area contributed by atoms with E-state index in [0.717, 1.165) is 37.1 Å². The first-order chi connectivity index (χ1) is 8.65. The van der Waals surface area contributed by atoms with Gasteiger partial charge in [-0.25, -0.2) is 4.39 Å². The Bertz CT molecular complexity index is 394. The quantitative estimate of drug-likeness (QED) is 0.814. The third-order valence-corrected chi connectivity index (χ3v) is 4.17. The van der Waals surface area contributed by atoms with Crippen LogP contribution in [0.3, 0.4) is 0 Å². The molecule has 0 amide bonds. The minimum Gasteiger partial charge on any atom is -0.312 e. The number of nitrogens with one attached hydrogen (secondary N) is 1. The van der Waals surface area contributed by atoms with Crippen LogP contribution >= 0.6 is 11.6 Å². The molecule has 1 aromatic carbocycles. The molecule has 0 bridgehead atoms. The fourth-order valence-electron chi connectivity index (χ4n) is 2.65. The highest BCUT2D eigenvalue weighted by atomic mass is 35.5. The Morgan fingerprint density at radius 2 is 2.22 bits per heavy atom. The maximum Gasteiger partial charge on any atom is 0.123 e. The summed E-state index contributed by atoms with van der Waals surface area (Å²) in [5.41, 5.74) is 2.19. The Kier molecular flexibility index (Phi) is 5.02. The Labute approximate surface area is 114 Å². The molecule has 1 saturated carbocycles. The van der Waals surface area contributed by atoms with E-state index in [0.29, 0.717) is 11.3 Å². The number of aryl methyl sites for hydroxylation is 1. The minimum atomic E-state index is -0.157. The normalized spacial score (nSPS) is 24.2. The molecular weight excluding hydrogens is 249 g/mol.